The third kappa shape index (κ3) is 3.43. The van der Waals surface area contributed by atoms with Crippen LogP contribution in [0.15, 0.2) is 46.9 Å². The minimum absolute atomic E-state index is 0.177. The number of carbonyl (C=O) groups excluding carboxylic acids is 1. The van der Waals surface area contributed by atoms with E-state index >= 15 is 0 Å². The molecule has 0 bridgehead atoms. The Kier molecular flexibility index (Phi) is 4.87. The molecule has 0 unspecified atom stereocenters. The van der Waals surface area contributed by atoms with Crippen molar-refractivity contribution >= 4 is 21.8 Å². The zero-order valence-corrected chi connectivity index (χ0v) is 12.3. The SMILES string of the molecule is NCc1ccc(CNC(=O)c2cccc(F)c2Br)cc1. The number of nitrogens with two attached hydrogens (primary N) is 1. The maximum absolute atomic E-state index is 13.3. The van der Waals surface area contributed by atoms with Crippen LogP contribution in [0, 0.1) is 5.82 Å². The largest absolute Gasteiger partial charge is 0.348 e. The molecule has 0 atom stereocenters. The molecule has 3 nitrogen and oxygen atoms in total. The molecular weight excluding hydrogens is 323 g/mol. The van der Waals surface area contributed by atoms with Crippen LogP contribution in [0.25, 0.3) is 0 Å². The van der Waals surface area contributed by atoms with Gasteiger partial charge in [-0.3, -0.25) is 4.79 Å². The van der Waals surface area contributed by atoms with Crippen molar-refractivity contribution in [1.82, 2.24) is 5.32 Å². The molecule has 0 saturated heterocycles. The van der Waals surface area contributed by atoms with Crippen LogP contribution in [-0.4, -0.2) is 5.91 Å². The minimum atomic E-state index is -0.454. The normalized spacial score (nSPS) is 10.3. The molecule has 0 aromatic heterocycles. The Morgan fingerprint density at radius 1 is 1.15 bits per heavy atom. The van der Waals surface area contributed by atoms with Crippen LogP contribution in [0.3, 0.4) is 0 Å². The molecule has 3 N–H and O–H groups in total. The van der Waals surface area contributed by atoms with Gasteiger partial charge in [-0.25, -0.2) is 4.39 Å². The molecule has 2 rings (SSSR count). The van der Waals surface area contributed by atoms with Gasteiger partial charge in [0.25, 0.3) is 5.91 Å². The third-order valence-corrected chi connectivity index (χ3v) is 3.71. The van der Waals surface area contributed by atoms with Gasteiger partial charge in [-0.1, -0.05) is 30.3 Å². The molecule has 2 aromatic rings. The highest BCUT2D eigenvalue weighted by molar-refractivity contribution is 9.10. The summed E-state index contributed by atoms with van der Waals surface area (Å²) in [5.74, 6) is -0.774. The maximum Gasteiger partial charge on any atom is 0.252 e. The van der Waals surface area contributed by atoms with Gasteiger partial charge in [0.15, 0.2) is 0 Å². The van der Waals surface area contributed by atoms with Gasteiger partial charge in [-0.2, -0.15) is 0 Å². The molecule has 5 heteroatoms. The van der Waals surface area contributed by atoms with Crippen molar-refractivity contribution in [1.29, 1.82) is 0 Å². The van der Waals surface area contributed by atoms with Gasteiger partial charge in [0, 0.05) is 13.1 Å². The number of benzene rings is 2. The molecule has 0 aliphatic heterocycles. The fourth-order valence-corrected chi connectivity index (χ4v) is 2.19. The summed E-state index contributed by atoms with van der Waals surface area (Å²) in [5, 5.41) is 2.75. The van der Waals surface area contributed by atoms with Crippen LogP contribution >= 0.6 is 15.9 Å². The summed E-state index contributed by atoms with van der Waals surface area (Å²) in [6, 6.07) is 12.0. The highest BCUT2D eigenvalue weighted by Crippen LogP contribution is 2.20. The summed E-state index contributed by atoms with van der Waals surface area (Å²) in [6.07, 6.45) is 0. The molecule has 0 radical (unpaired) electrons. The second-order valence-electron chi connectivity index (χ2n) is 4.30. The van der Waals surface area contributed by atoms with Gasteiger partial charge in [-0.15, -0.1) is 0 Å². The van der Waals surface area contributed by atoms with Crippen molar-refractivity contribution in [2.45, 2.75) is 13.1 Å². The van der Waals surface area contributed by atoms with Gasteiger partial charge in [0.2, 0.25) is 0 Å². The van der Waals surface area contributed by atoms with E-state index in [0.29, 0.717) is 13.1 Å². The average Bonchev–Trinajstić information content (AvgIpc) is 2.48. The van der Waals surface area contributed by atoms with Crippen molar-refractivity contribution in [2.75, 3.05) is 0 Å². The molecule has 2 aromatic carbocycles. The summed E-state index contributed by atoms with van der Waals surface area (Å²) >= 11 is 3.08. The number of nitrogens with one attached hydrogen (secondary N) is 1. The first kappa shape index (κ1) is 14.7. The van der Waals surface area contributed by atoms with E-state index in [9.17, 15) is 9.18 Å². The van der Waals surface area contributed by atoms with E-state index in [1.54, 1.807) is 6.07 Å². The first-order chi connectivity index (χ1) is 9.61. The van der Waals surface area contributed by atoms with Crippen molar-refractivity contribution in [3.05, 3.63) is 69.4 Å². The monoisotopic (exact) mass is 336 g/mol. The second kappa shape index (κ2) is 6.63. The van der Waals surface area contributed by atoms with E-state index in [1.807, 2.05) is 24.3 Å². The van der Waals surface area contributed by atoms with E-state index in [2.05, 4.69) is 21.2 Å². The van der Waals surface area contributed by atoms with Gasteiger partial charge < -0.3 is 11.1 Å². The van der Waals surface area contributed by atoms with E-state index < -0.39 is 5.82 Å². The predicted octanol–water partition coefficient (Wildman–Crippen LogP) is 2.98. The topological polar surface area (TPSA) is 55.1 Å². The standard InChI is InChI=1S/C15H14BrFN2O/c16-14-12(2-1-3-13(14)17)15(20)19-9-11-6-4-10(8-18)5-7-11/h1-7H,8-9,18H2,(H,19,20). The summed E-state index contributed by atoms with van der Waals surface area (Å²) in [5.41, 5.74) is 7.80. The lowest BCUT2D eigenvalue weighted by molar-refractivity contribution is 0.0949. The number of rotatable bonds is 4. The number of amides is 1. The van der Waals surface area contributed by atoms with Crippen molar-refractivity contribution in [3.8, 4) is 0 Å². The average molecular weight is 337 g/mol. The smallest absolute Gasteiger partial charge is 0.252 e. The Balaban J connectivity index is 2.02. The maximum atomic E-state index is 13.3. The highest BCUT2D eigenvalue weighted by atomic mass is 79.9. The van der Waals surface area contributed by atoms with Crippen molar-refractivity contribution < 1.29 is 9.18 Å². The predicted molar refractivity (Wildman–Crippen MR) is 79.6 cm³/mol. The second-order valence-corrected chi connectivity index (χ2v) is 5.10. The first-order valence-electron chi connectivity index (χ1n) is 6.12. The van der Waals surface area contributed by atoms with E-state index in [0.717, 1.165) is 11.1 Å². The van der Waals surface area contributed by atoms with Gasteiger partial charge in [-0.05, 0) is 39.2 Å². The van der Waals surface area contributed by atoms with Crippen LogP contribution in [0.2, 0.25) is 0 Å². The summed E-state index contributed by atoms with van der Waals surface area (Å²) in [7, 11) is 0. The van der Waals surface area contributed by atoms with Crippen LogP contribution in [0.5, 0.6) is 0 Å². The number of carbonyl (C=O) groups is 1. The zero-order chi connectivity index (χ0) is 14.5. The molecule has 0 spiro atoms. The Labute approximate surface area is 125 Å². The molecule has 20 heavy (non-hydrogen) atoms. The summed E-state index contributed by atoms with van der Waals surface area (Å²) in [6.45, 7) is 0.871. The summed E-state index contributed by atoms with van der Waals surface area (Å²) in [4.78, 5) is 12.0. The van der Waals surface area contributed by atoms with E-state index in [4.69, 9.17) is 5.73 Å². The van der Waals surface area contributed by atoms with Crippen LogP contribution in [0.1, 0.15) is 21.5 Å². The van der Waals surface area contributed by atoms with E-state index in [1.165, 1.54) is 12.1 Å². The van der Waals surface area contributed by atoms with Gasteiger partial charge >= 0.3 is 0 Å². The Morgan fingerprint density at radius 2 is 1.80 bits per heavy atom. The number of hydrogen-bond acceptors (Lipinski definition) is 2. The lowest BCUT2D eigenvalue weighted by Crippen LogP contribution is -2.23. The molecule has 1 amide bonds. The van der Waals surface area contributed by atoms with Crippen molar-refractivity contribution in [2.24, 2.45) is 5.73 Å². The lowest BCUT2D eigenvalue weighted by atomic mass is 10.1. The molecule has 0 aliphatic rings. The minimum Gasteiger partial charge on any atom is -0.348 e. The lowest BCUT2D eigenvalue weighted by Gasteiger charge is -2.08. The van der Waals surface area contributed by atoms with Gasteiger partial charge in [0.1, 0.15) is 5.82 Å². The molecule has 0 heterocycles. The molecular formula is C15H14BrFN2O. The van der Waals surface area contributed by atoms with Crippen molar-refractivity contribution in [3.63, 3.8) is 0 Å². The van der Waals surface area contributed by atoms with Crippen LogP contribution in [0.4, 0.5) is 4.39 Å². The highest BCUT2D eigenvalue weighted by Gasteiger charge is 2.12. The fraction of sp³-hybridized carbons (Fsp3) is 0.133. The summed E-state index contributed by atoms with van der Waals surface area (Å²) < 4.78 is 13.5. The first-order valence-corrected chi connectivity index (χ1v) is 6.91. The molecule has 104 valence electrons. The number of hydrogen-bond donors (Lipinski definition) is 2. The third-order valence-electron chi connectivity index (χ3n) is 2.91. The van der Waals surface area contributed by atoms with Crippen LogP contribution in [-0.2, 0) is 13.1 Å². The zero-order valence-electron chi connectivity index (χ0n) is 10.7. The fourth-order valence-electron chi connectivity index (χ4n) is 1.75. The Morgan fingerprint density at radius 3 is 2.45 bits per heavy atom. The Hall–Kier alpha value is -1.72. The molecule has 0 aliphatic carbocycles. The quantitative estimate of drug-likeness (QED) is 0.901. The van der Waals surface area contributed by atoms with E-state index in [-0.39, 0.29) is 15.9 Å². The Bertz CT molecular complexity index is 614. The molecule has 0 fully saturated rings. The molecule has 0 saturated carbocycles. The van der Waals surface area contributed by atoms with Crippen LogP contribution < -0.4 is 11.1 Å². The van der Waals surface area contributed by atoms with Gasteiger partial charge in [0.05, 0.1) is 10.0 Å². The number of halogens is 2.